The van der Waals surface area contributed by atoms with Gasteiger partial charge in [-0.05, 0) is 57.5 Å². The number of amides is 1. The van der Waals surface area contributed by atoms with Crippen molar-refractivity contribution in [1.82, 2.24) is 5.32 Å². The highest BCUT2D eigenvalue weighted by Gasteiger charge is 2.22. The summed E-state index contributed by atoms with van der Waals surface area (Å²) >= 11 is 0. The van der Waals surface area contributed by atoms with Gasteiger partial charge in [-0.3, -0.25) is 4.79 Å². The molecule has 0 saturated heterocycles. The second-order valence-corrected chi connectivity index (χ2v) is 7.09. The maximum absolute atomic E-state index is 12.2. The molecule has 0 unspecified atom stereocenters. The van der Waals surface area contributed by atoms with E-state index in [9.17, 15) is 9.59 Å². The summed E-state index contributed by atoms with van der Waals surface area (Å²) in [5.74, 6) is -0.214. The van der Waals surface area contributed by atoms with Crippen molar-refractivity contribution in [2.75, 3.05) is 0 Å². The quantitative estimate of drug-likeness (QED) is 0.802. The molecule has 1 atom stereocenters. The van der Waals surface area contributed by atoms with Crippen molar-refractivity contribution in [3.8, 4) is 5.75 Å². The second-order valence-electron chi connectivity index (χ2n) is 7.09. The first-order chi connectivity index (χ1) is 12.2. The smallest absolute Gasteiger partial charge is 0.338 e. The molecule has 0 heterocycles. The van der Waals surface area contributed by atoms with Gasteiger partial charge in [0.1, 0.15) is 12.4 Å². The summed E-state index contributed by atoms with van der Waals surface area (Å²) in [6.07, 6.45) is -0.865. The van der Waals surface area contributed by atoms with E-state index in [2.05, 4.69) is 5.32 Å². The topological polar surface area (TPSA) is 64.6 Å². The molecular weight excluding hydrogens is 330 g/mol. The second kappa shape index (κ2) is 8.52. The molecule has 5 heteroatoms. The highest BCUT2D eigenvalue weighted by molar-refractivity contribution is 5.92. The molecule has 1 amide bonds. The summed E-state index contributed by atoms with van der Waals surface area (Å²) in [5.41, 5.74) is 1.05. The summed E-state index contributed by atoms with van der Waals surface area (Å²) < 4.78 is 10.9. The van der Waals surface area contributed by atoms with Crippen LogP contribution in [-0.2, 0) is 16.1 Å². The van der Waals surface area contributed by atoms with Crippen LogP contribution in [-0.4, -0.2) is 23.5 Å². The van der Waals surface area contributed by atoms with Crippen LogP contribution >= 0.6 is 0 Å². The Bertz CT molecular complexity index is 733. The molecule has 1 N–H and O–H groups in total. The Kier molecular flexibility index (Phi) is 6.39. The maximum atomic E-state index is 12.2. The number of carbonyl (C=O) groups is 2. The maximum Gasteiger partial charge on any atom is 0.338 e. The van der Waals surface area contributed by atoms with Crippen LogP contribution in [0, 0.1) is 0 Å². The molecule has 2 aromatic carbocycles. The molecule has 5 nitrogen and oxygen atoms in total. The van der Waals surface area contributed by atoms with Gasteiger partial charge in [-0.25, -0.2) is 4.79 Å². The standard InChI is InChI=1S/C21H25NO4/c1-15(19(23)22-21(2,3)4)26-20(24)17-10-12-18(13-11-17)25-14-16-8-6-5-7-9-16/h5-13,15H,14H2,1-4H3,(H,22,23)/t15-/m0/s1. The Morgan fingerprint density at radius 3 is 2.19 bits per heavy atom. The third kappa shape index (κ3) is 6.24. The minimum Gasteiger partial charge on any atom is -0.489 e. The van der Waals surface area contributed by atoms with Crippen molar-refractivity contribution in [2.45, 2.75) is 45.9 Å². The molecule has 26 heavy (non-hydrogen) atoms. The van der Waals surface area contributed by atoms with Crippen LogP contribution in [0.3, 0.4) is 0 Å². The molecule has 0 fully saturated rings. The average Bonchev–Trinajstić information content (AvgIpc) is 2.59. The van der Waals surface area contributed by atoms with Gasteiger partial charge in [0.25, 0.3) is 5.91 Å². The van der Waals surface area contributed by atoms with Crippen LogP contribution in [0.25, 0.3) is 0 Å². The van der Waals surface area contributed by atoms with Gasteiger partial charge >= 0.3 is 5.97 Å². The number of hydrogen-bond acceptors (Lipinski definition) is 4. The molecule has 0 aliphatic rings. The highest BCUT2D eigenvalue weighted by Crippen LogP contribution is 2.15. The van der Waals surface area contributed by atoms with Gasteiger partial charge in [0.05, 0.1) is 5.56 Å². The molecule has 138 valence electrons. The van der Waals surface area contributed by atoms with Gasteiger partial charge in [-0.2, -0.15) is 0 Å². The van der Waals surface area contributed by atoms with E-state index < -0.39 is 12.1 Å². The molecule has 2 rings (SSSR count). The van der Waals surface area contributed by atoms with Crippen molar-refractivity contribution >= 4 is 11.9 Å². The SMILES string of the molecule is C[C@H](OC(=O)c1ccc(OCc2ccccc2)cc1)C(=O)NC(C)(C)C. The fraction of sp³-hybridized carbons (Fsp3) is 0.333. The Balaban J connectivity index is 1.88. The third-order valence-corrected chi connectivity index (χ3v) is 3.49. The van der Waals surface area contributed by atoms with Gasteiger partial charge in [-0.15, -0.1) is 0 Å². The van der Waals surface area contributed by atoms with E-state index >= 15 is 0 Å². The first-order valence-electron chi connectivity index (χ1n) is 8.54. The minimum atomic E-state index is -0.865. The summed E-state index contributed by atoms with van der Waals surface area (Å²) in [6.45, 7) is 7.61. The Hall–Kier alpha value is -2.82. The normalized spacial score (nSPS) is 12.2. The van der Waals surface area contributed by atoms with Gasteiger partial charge in [0.2, 0.25) is 0 Å². The van der Waals surface area contributed by atoms with Crippen molar-refractivity contribution in [2.24, 2.45) is 0 Å². The van der Waals surface area contributed by atoms with Crippen molar-refractivity contribution in [1.29, 1.82) is 0 Å². The Morgan fingerprint density at radius 2 is 1.62 bits per heavy atom. The summed E-state index contributed by atoms with van der Waals surface area (Å²) in [5, 5.41) is 2.78. The number of benzene rings is 2. The van der Waals surface area contributed by atoms with Crippen LogP contribution < -0.4 is 10.1 Å². The van der Waals surface area contributed by atoms with Gasteiger partial charge in [0.15, 0.2) is 6.10 Å². The lowest BCUT2D eigenvalue weighted by Crippen LogP contribution is -2.46. The predicted octanol–water partition coefficient (Wildman–Crippen LogP) is 3.73. The summed E-state index contributed by atoms with van der Waals surface area (Å²) in [6, 6.07) is 16.5. The van der Waals surface area contributed by atoms with Crippen molar-refractivity contribution in [3.05, 3.63) is 65.7 Å². The van der Waals surface area contributed by atoms with Crippen LogP contribution in [0.15, 0.2) is 54.6 Å². The summed E-state index contributed by atoms with van der Waals surface area (Å²) in [4.78, 5) is 24.2. The number of nitrogens with one attached hydrogen (secondary N) is 1. The fourth-order valence-electron chi connectivity index (χ4n) is 2.18. The number of carbonyl (C=O) groups excluding carboxylic acids is 2. The third-order valence-electron chi connectivity index (χ3n) is 3.49. The van der Waals surface area contributed by atoms with Crippen LogP contribution in [0.1, 0.15) is 43.6 Å². The van der Waals surface area contributed by atoms with Crippen LogP contribution in [0.5, 0.6) is 5.75 Å². The molecule has 0 saturated carbocycles. The zero-order chi connectivity index (χ0) is 19.2. The van der Waals surface area contributed by atoms with E-state index in [1.165, 1.54) is 0 Å². The molecular formula is C21H25NO4. The largest absolute Gasteiger partial charge is 0.489 e. The summed E-state index contributed by atoms with van der Waals surface area (Å²) in [7, 11) is 0. The number of hydrogen-bond donors (Lipinski definition) is 1. The van der Waals surface area contributed by atoms with Crippen molar-refractivity contribution in [3.63, 3.8) is 0 Å². The lowest BCUT2D eigenvalue weighted by atomic mass is 10.1. The first-order valence-corrected chi connectivity index (χ1v) is 8.54. The highest BCUT2D eigenvalue weighted by atomic mass is 16.5. The van der Waals surface area contributed by atoms with Crippen LogP contribution in [0.2, 0.25) is 0 Å². The van der Waals surface area contributed by atoms with Crippen molar-refractivity contribution < 1.29 is 19.1 Å². The minimum absolute atomic E-state index is 0.325. The molecule has 0 aromatic heterocycles. The predicted molar refractivity (Wildman–Crippen MR) is 100.0 cm³/mol. The zero-order valence-corrected chi connectivity index (χ0v) is 15.6. The van der Waals surface area contributed by atoms with E-state index in [0.717, 1.165) is 5.56 Å². The molecule has 0 bridgehead atoms. The lowest BCUT2D eigenvalue weighted by Gasteiger charge is -2.23. The van der Waals surface area contributed by atoms with Gasteiger partial charge in [-0.1, -0.05) is 30.3 Å². The van der Waals surface area contributed by atoms with Crippen LogP contribution in [0.4, 0.5) is 0 Å². The first kappa shape index (κ1) is 19.5. The van der Waals surface area contributed by atoms with Gasteiger partial charge < -0.3 is 14.8 Å². The molecule has 0 aliphatic heterocycles. The van der Waals surface area contributed by atoms with Gasteiger partial charge in [0, 0.05) is 5.54 Å². The average molecular weight is 355 g/mol. The van der Waals surface area contributed by atoms with E-state index in [4.69, 9.17) is 9.47 Å². The Labute approximate surface area is 154 Å². The number of esters is 1. The Morgan fingerprint density at radius 1 is 1.00 bits per heavy atom. The molecule has 0 aliphatic carbocycles. The van der Waals surface area contributed by atoms with E-state index in [1.807, 2.05) is 51.1 Å². The molecule has 2 aromatic rings. The van der Waals surface area contributed by atoms with E-state index in [0.29, 0.717) is 17.9 Å². The van der Waals surface area contributed by atoms with E-state index in [1.54, 1.807) is 31.2 Å². The lowest BCUT2D eigenvalue weighted by molar-refractivity contribution is -0.130. The number of rotatable bonds is 6. The monoisotopic (exact) mass is 355 g/mol. The molecule has 0 spiro atoms. The van der Waals surface area contributed by atoms with E-state index in [-0.39, 0.29) is 11.4 Å². The molecule has 0 radical (unpaired) electrons. The zero-order valence-electron chi connectivity index (χ0n) is 15.6. The number of ether oxygens (including phenoxy) is 2. The fourth-order valence-corrected chi connectivity index (χ4v) is 2.18.